The fourth-order valence-electron chi connectivity index (χ4n) is 1.71. The van der Waals surface area contributed by atoms with Crippen LogP contribution < -0.4 is 0 Å². The maximum atomic E-state index is 12.0. The van der Waals surface area contributed by atoms with Gasteiger partial charge in [-0.3, -0.25) is 4.79 Å². The van der Waals surface area contributed by atoms with E-state index in [0.29, 0.717) is 6.04 Å². The van der Waals surface area contributed by atoms with Crippen LogP contribution in [0.5, 0.6) is 0 Å². The molecule has 2 nitrogen and oxygen atoms in total. The zero-order valence-electron chi connectivity index (χ0n) is 9.58. The minimum absolute atomic E-state index is 0.153. The van der Waals surface area contributed by atoms with Crippen LogP contribution in [0.1, 0.15) is 34.3 Å². The van der Waals surface area contributed by atoms with Gasteiger partial charge in [-0.15, -0.1) is 0 Å². The van der Waals surface area contributed by atoms with Crippen molar-refractivity contribution in [2.45, 2.75) is 32.7 Å². The highest BCUT2D eigenvalue weighted by Gasteiger charge is 2.29. The maximum Gasteiger partial charge on any atom is 0.253 e. The van der Waals surface area contributed by atoms with Crippen molar-refractivity contribution in [1.82, 2.24) is 4.90 Å². The molecule has 1 saturated carbocycles. The van der Waals surface area contributed by atoms with Gasteiger partial charge in [0.15, 0.2) is 0 Å². The van der Waals surface area contributed by atoms with E-state index in [0.717, 1.165) is 18.4 Å². The van der Waals surface area contributed by atoms with Crippen molar-refractivity contribution in [2.75, 3.05) is 7.05 Å². The normalized spacial score (nSPS) is 15.1. The summed E-state index contributed by atoms with van der Waals surface area (Å²) in [5.74, 6) is 0.153. The Balaban J connectivity index is 2.21. The fourth-order valence-corrected chi connectivity index (χ4v) is 1.71. The molecular weight excluding hydrogens is 186 g/mol. The molecule has 0 saturated heterocycles. The first-order valence-electron chi connectivity index (χ1n) is 5.44. The van der Waals surface area contributed by atoms with E-state index in [9.17, 15) is 4.79 Å². The van der Waals surface area contributed by atoms with Crippen LogP contribution in [0.4, 0.5) is 0 Å². The SMILES string of the molecule is Cc1ccc(C(=O)N(C)C2CC2)cc1C. The summed E-state index contributed by atoms with van der Waals surface area (Å²) in [4.78, 5) is 13.9. The van der Waals surface area contributed by atoms with Crippen molar-refractivity contribution in [3.05, 3.63) is 34.9 Å². The number of aryl methyl sites for hydroxylation is 2. The number of benzene rings is 1. The largest absolute Gasteiger partial charge is 0.339 e. The van der Waals surface area contributed by atoms with E-state index in [4.69, 9.17) is 0 Å². The summed E-state index contributed by atoms with van der Waals surface area (Å²) in [5, 5.41) is 0. The van der Waals surface area contributed by atoms with Crippen LogP contribution in [0.3, 0.4) is 0 Å². The number of hydrogen-bond acceptors (Lipinski definition) is 1. The number of rotatable bonds is 2. The number of amides is 1. The van der Waals surface area contributed by atoms with Gasteiger partial charge in [0.1, 0.15) is 0 Å². The molecule has 15 heavy (non-hydrogen) atoms. The van der Waals surface area contributed by atoms with Crippen molar-refractivity contribution in [3.63, 3.8) is 0 Å². The van der Waals surface area contributed by atoms with Gasteiger partial charge in [-0.05, 0) is 49.9 Å². The summed E-state index contributed by atoms with van der Waals surface area (Å²) in [6.45, 7) is 4.11. The summed E-state index contributed by atoms with van der Waals surface area (Å²) < 4.78 is 0. The molecule has 0 aliphatic heterocycles. The average molecular weight is 203 g/mol. The van der Waals surface area contributed by atoms with E-state index in [-0.39, 0.29) is 5.91 Å². The van der Waals surface area contributed by atoms with Gasteiger partial charge in [0.05, 0.1) is 0 Å². The van der Waals surface area contributed by atoms with Crippen LogP contribution in [0.2, 0.25) is 0 Å². The molecule has 80 valence electrons. The molecule has 0 atom stereocenters. The summed E-state index contributed by atoms with van der Waals surface area (Å²) in [6, 6.07) is 6.41. The predicted octanol–water partition coefficient (Wildman–Crippen LogP) is 2.54. The minimum Gasteiger partial charge on any atom is -0.339 e. The van der Waals surface area contributed by atoms with Crippen LogP contribution >= 0.6 is 0 Å². The van der Waals surface area contributed by atoms with Crippen molar-refractivity contribution in [1.29, 1.82) is 0 Å². The van der Waals surface area contributed by atoms with Crippen molar-refractivity contribution in [2.24, 2.45) is 0 Å². The Hall–Kier alpha value is -1.31. The third kappa shape index (κ3) is 2.04. The van der Waals surface area contributed by atoms with Crippen molar-refractivity contribution >= 4 is 5.91 Å². The van der Waals surface area contributed by atoms with Gasteiger partial charge in [0.25, 0.3) is 5.91 Å². The average Bonchev–Trinajstić information content (AvgIpc) is 3.03. The van der Waals surface area contributed by atoms with Gasteiger partial charge in [-0.1, -0.05) is 6.07 Å². The summed E-state index contributed by atoms with van der Waals surface area (Å²) in [7, 11) is 1.90. The second-order valence-corrected chi connectivity index (χ2v) is 4.45. The monoisotopic (exact) mass is 203 g/mol. The molecular formula is C13H17NO. The molecule has 1 amide bonds. The standard InChI is InChI=1S/C13H17NO/c1-9-4-5-11(8-10(9)2)13(15)14(3)12-6-7-12/h4-5,8,12H,6-7H2,1-3H3. The zero-order chi connectivity index (χ0) is 11.0. The third-order valence-electron chi connectivity index (χ3n) is 3.17. The molecule has 0 heterocycles. The van der Waals surface area contributed by atoms with E-state index in [2.05, 4.69) is 6.92 Å². The number of nitrogens with zero attached hydrogens (tertiary/aromatic N) is 1. The van der Waals surface area contributed by atoms with Gasteiger partial charge in [-0.2, -0.15) is 0 Å². The highest BCUT2D eigenvalue weighted by molar-refractivity contribution is 5.94. The van der Waals surface area contributed by atoms with Crippen LogP contribution in [-0.2, 0) is 0 Å². The lowest BCUT2D eigenvalue weighted by atomic mass is 10.1. The number of carbonyl (C=O) groups is 1. The second-order valence-electron chi connectivity index (χ2n) is 4.45. The molecule has 0 radical (unpaired) electrons. The Morgan fingerprint density at radius 1 is 1.27 bits per heavy atom. The van der Waals surface area contributed by atoms with Gasteiger partial charge in [0, 0.05) is 18.7 Å². The molecule has 0 unspecified atom stereocenters. The first kappa shape index (κ1) is 10.2. The molecule has 2 rings (SSSR count). The minimum atomic E-state index is 0.153. The zero-order valence-corrected chi connectivity index (χ0v) is 9.58. The van der Waals surface area contributed by atoms with E-state index in [1.807, 2.05) is 37.1 Å². The van der Waals surface area contributed by atoms with Crippen LogP contribution in [-0.4, -0.2) is 23.9 Å². The molecule has 0 aromatic heterocycles. The molecule has 1 fully saturated rings. The topological polar surface area (TPSA) is 20.3 Å². The lowest BCUT2D eigenvalue weighted by molar-refractivity contribution is 0.0785. The first-order valence-corrected chi connectivity index (χ1v) is 5.44. The molecule has 1 aliphatic rings. The third-order valence-corrected chi connectivity index (χ3v) is 3.17. The van der Waals surface area contributed by atoms with Gasteiger partial charge >= 0.3 is 0 Å². The summed E-state index contributed by atoms with van der Waals surface area (Å²) in [5.41, 5.74) is 3.23. The highest BCUT2D eigenvalue weighted by Crippen LogP contribution is 2.26. The first-order chi connectivity index (χ1) is 7.09. The van der Waals surface area contributed by atoms with Gasteiger partial charge in [0.2, 0.25) is 0 Å². The van der Waals surface area contributed by atoms with Crippen molar-refractivity contribution < 1.29 is 4.79 Å². The van der Waals surface area contributed by atoms with Crippen LogP contribution in [0.25, 0.3) is 0 Å². The van der Waals surface area contributed by atoms with Crippen LogP contribution in [0.15, 0.2) is 18.2 Å². The van der Waals surface area contributed by atoms with E-state index in [1.54, 1.807) is 0 Å². The molecule has 2 heteroatoms. The fraction of sp³-hybridized carbons (Fsp3) is 0.462. The molecule has 1 aromatic carbocycles. The van der Waals surface area contributed by atoms with E-state index in [1.165, 1.54) is 11.1 Å². The Morgan fingerprint density at radius 3 is 2.47 bits per heavy atom. The lowest BCUT2D eigenvalue weighted by Crippen LogP contribution is -2.28. The number of hydrogen-bond donors (Lipinski definition) is 0. The molecule has 1 aromatic rings. The van der Waals surface area contributed by atoms with E-state index >= 15 is 0 Å². The highest BCUT2D eigenvalue weighted by atomic mass is 16.2. The molecule has 0 spiro atoms. The number of carbonyl (C=O) groups excluding carboxylic acids is 1. The Labute approximate surface area is 90.9 Å². The summed E-state index contributed by atoms with van der Waals surface area (Å²) >= 11 is 0. The predicted molar refractivity (Wildman–Crippen MR) is 61.0 cm³/mol. The Bertz CT molecular complexity index is 394. The smallest absolute Gasteiger partial charge is 0.253 e. The second kappa shape index (κ2) is 3.69. The Kier molecular flexibility index (Phi) is 2.51. The van der Waals surface area contributed by atoms with Gasteiger partial charge in [-0.25, -0.2) is 0 Å². The van der Waals surface area contributed by atoms with Gasteiger partial charge < -0.3 is 4.90 Å². The lowest BCUT2D eigenvalue weighted by Gasteiger charge is -2.16. The molecule has 0 N–H and O–H groups in total. The molecule has 1 aliphatic carbocycles. The van der Waals surface area contributed by atoms with Crippen molar-refractivity contribution in [3.8, 4) is 0 Å². The quantitative estimate of drug-likeness (QED) is 0.723. The van der Waals surface area contributed by atoms with Crippen LogP contribution in [0, 0.1) is 13.8 Å². The maximum absolute atomic E-state index is 12.0. The Morgan fingerprint density at radius 2 is 1.93 bits per heavy atom. The molecule has 0 bridgehead atoms. The summed E-state index contributed by atoms with van der Waals surface area (Å²) in [6.07, 6.45) is 2.32. The van der Waals surface area contributed by atoms with E-state index < -0.39 is 0 Å².